The highest BCUT2D eigenvalue weighted by Crippen LogP contribution is 2.18. The summed E-state index contributed by atoms with van der Waals surface area (Å²) in [7, 11) is 0. The maximum atomic E-state index is 11.7. The second kappa shape index (κ2) is 4.79. The average molecular weight is 254 g/mol. The number of aromatic carboxylic acids is 1. The van der Waals surface area contributed by atoms with E-state index in [-0.39, 0.29) is 11.1 Å². The number of thiol groups is 1. The zero-order valence-electron chi connectivity index (χ0n) is 9.85. The second-order valence-corrected chi connectivity index (χ2v) is 5.02. The third kappa shape index (κ3) is 3.78. The smallest absolute Gasteiger partial charge is 0.338 e. The van der Waals surface area contributed by atoms with Crippen LogP contribution in [0, 0.1) is 0 Å². The van der Waals surface area contributed by atoms with Crippen LogP contribution < -0.4 is 0 Å². The van der Waals surface area contributed by atoms with Gasteiger partial charge in [0.2, 0.25) is 0 Å². The Bertz CT molecular complexity index is 460. The molecule has 1 rings (SSSR count). The molecule has 4 nitrogen and oxygen atoms in total. The first kappa shape index (κ1) is 13.6. The van der Waals surface area contributed by atoms with Crippen LogP contribution in [0.1, 0.15) is 41.5 Å². The molecule has 1 N–H and O–H groups in total. The molecule has 0 aliphatic heterocycles. The summed E-state index contributed by atoms with van der Waals surface area (Å²) in [5.74, 6) is -1.67. The fraction of sp³-hybridized carbons (Fsp3) is 0.333. The van der Waals surface area contributed by atoms with E-state index in [0.29, 0.717) is 4.90 Å². The molecule has 0 heterocycles. The van der Waals surface area contributed by atoms with Crippen molar-refractivity contribution >= 4 is 24.6 Å². The van der Waals surface area contributed by atoms with Crippen molar-refractivity contribution in [3.63, 3.8) is 0 Å². The van der Waals surface area contributed by atoms with E-state index in [1.54, 1.807) is 20.8 Å². The zero-order valence-corrected chi connectivity index (χ0v) is 10.7. The lowest BCUT2D eigenvalue weighted by Crippen LogP contribution is -2.24. The third-order valence-corrected chi connectivity index (χ3v) is 2.25. The fourth-order valence-electron chi connectivity index (χ4n) is 1.17. The Labute approximate surface area is 105 Å². The SMILES string of the molecule is CC(C)(C)OC(=O)c1ccc(S)c(C(=O)O)c1. The van der Waals surface area contributed by atoms with Gasteiger partial charge in [-0.15, -0.1) is 12.6 Å². The van der Waals surface area contributed by atoms with Gasteiger partial charge in [0, 0.05) is 4.90 Å². The molecule has 0 amide bonds. The van der Waals surface area contributed by atoms with Gasteiger partial charge in [-0.2, -0.15) is 0 Å². The lowest BCUT2D eigenvalue weighted by atomic mass is 10.1. The van der Waals surface area contributed by atoms with Crippen molar-refractivity contribution in [1.82, 2.24) is 0 Å². The Hall–Kier alpha value is -1.49. The lowest BCUT2D eigenvalue weighted by molar-refractivity contribution is 0.00694. The molecule has 17 heavy (non-hydrogen) atoms. The topological polar surface area (TPSA) is 63.6 Å². The Morgan fingerprint density at radius 2 is 1.88 bits per heavy atom. The van der Waals surface area contributed by atoms with Gasteiger partial charge < -0.3 is 9.84 Å². The molecule has 0 fully saturated rings. The molecule has 0 saturated carbocycles. The Balaban J connectivity index is 3.04. The van der Waals surface area contributed by atoms with Crippen LogP contribution in [0.5, 0.6) is 0 Å². The summed E-state index contributed by atoms with van der Waals surface area (Å²) in [6.45, 7) is 5.24. The van der Waals surface area contributed by atoms with Crippen LogP contribution in [0.25, 0.3) is 0 Å². The van der Waals surface area contributed by atoms with E-state index >= 15 is 0 Å². The van der Waals surface area contributed by atoms with Crippen LogP contribution in [0.3, 0.4) is 0 Å². The van der Waals surface area contributed by atoms with E-state index in [9.17, 15) is 9.59 Å². The molecule has 5 heteroatoms. The standard InChI is InChI=1S/C12H14O4S/c1-12(2,3)16-11(15)7-4-5-9(17)8(6-7)10(13)14/h4-6,17H,1-3H3,(H,13,14). The molecule has 0 radical (unpaired) electrons. The molecule has 1 aromatic carbocycles. The number of hydrogen-bond donors (Lipinski definition) is 2. The molecular formula is C12H14O4S. The first-order valence-corrected chi connectivity index (χ1v) is 5.45. The van der Waals surface area contributed by atoms with Gasteiger partial charge >= 0.3 is 11.9 Å². The van der Waals surface area contributed by atoms with Gasteiger partial charge in [-0.3, -0.25) is 0 Å². The molecule has 0 aliphatic rings. The number of esters is 1. The summed E-state index contributed by atoms with van der Waals surface area (Å²) >= 11 is 4.01. The molecule has 0 atom stereocenters. The van der Waals surface area contributed by atoms with E-state index in [2.05, 4.69) is 12.6 Å². The maximum absolute atomic E-state index is 11.7. The minimum atomic E-state index is -1.12. The number of carbonyl (C=O) groups excluding carboxylic acids is 1. The molecule has 0 aliphatic carbocycles. The summed E-state index contributed by atoms with van der Waals surface area (Å²) in [5, 5.41) is 8.90. The minimum Gasteiger partial charge on any atom is -0.478 e. The van der Waals surface area contributed by atoms with Crippen molar-refractivity contribution < 1.29 is 19.4 Å². The largest absolute Gasteiger partial charge is 0.478 e. The van der Waals surface area contributed by atoms with Crippen LogP contribution in [-0.2, 0) is 4.74 Å². The normalized spacial score (nSPS) is 11.1. The predicted octanol–water partition coefficient (Wildman–Crippen LogP) is 2.63. The molecule has 0 spiro atoms. The highest BCUT2D eigenvalue weighted by molar-refractivity contribution is 7.80. The molecule has 0 bridgehead atoms. The number of ether oxygens (including phenoxy) is 1. The van der Waals surface area contributed by atoms with Crippen LogP contribution in [0.15, 0.2) is 23.1 Å². The predicted molar refractivity (Wildman–Crippen MR) is 65.8 cm³/mol. The van der Waals surface area contributed by atoms with Gasteiger partial charge in [-0.05, 0) is 39.0 Å². The summed E-state index contributed by atoms with van der Waals surface area (Å²) in [4.78, 5) is 22.9. The van der Waals surface area contributed by atoms with E-state index in [1.807, 2.05) is 0 Å². The first-order valence-electron chi connectivity index (χ1n) is 5.00. The Morgan fingerprint density at radius 1 is 1.29 bits per heavy atom. The van der Waals surface area contributed by atoms with E-state index in [4.69, 9.17) is 9.84 Å². The number of benzene rings is 1. The maximum Gasteiger partial charge on any atom is 0.338 e. The highest BCUT2D eigenvalue weighted by atomic mass is 32.1. The third-order valence-electron chi connectivity index (χ3n) is 1.86. The molecule has 92 valence electrons. The monoisotopic (exact) mass is 254 g/mol. The zero-order chi connectivity index (χ0) is 13.2. The summed E-state index contributed by atoms with van der Waals surface area (Å²) < 4.78 is 5.14. The molecular weight excluding hydrogens is 240 g/mol. The number of carboxylic acids is 1. The first-order chi connectivity index (χ1) is 7.70. The van der Waals surface area contributed by atoms with Crippen LogP contribution in [-0.4, -0.2) is 22.6 Å². The number of hydrogen-bond acceptors (Lipinski definition) is 4. The van der Waals surface area contributed by atoms with Crippen molar-refractivity contribution in [1.29, 1.82) is 0 Å². The van der Waals surface area contributed by atoms with Crippen LogP contribution in [0.4, 0.5) is 0 Å². The quantitative estimate of drug-likeness (QED) is 0.629. The van der Waals surface area contributed by atoms with Gasteiger partial charge in [0.1, 0.15) is 5.60 Å². The van der Waals surface area contributed by atoms with Gasteiger partial charge in [0.15, 0.2) is 0 Å². The number of carbonyl (C=O) groups is 2. The second-order valence-electron chi connectivity index (χ2n) is 4.54. The van der Waals surface area contributed by atoms with E-state index in [0.717, 1.165) is 0 Å². The van der Waals surface area contributed by atoms with Crippen molar-refractivity contribution in [3.8, 4) is 0 Å². The van der Waals surface area contributed by atoms with Gasteiger partial charge in [0.25, 0.3) is 0 Å². The van der Waals surface area contributed by atoms with Gasteiger partial charge in [-0.1, -0.05) is 0 Å². The van der Waals surface area contributed by atoms with Crippen molar-refractivity contribution in [2.75, 3.05) is 0 Å². The molecule has 0 unspecified atom stereocenters. The highest BCUT2D eigenvalue weighted by Gasteiger charge is 2.19. The summed E-state index contributed by atoms with van der Waals surface area (Å²) in [6, 6.07) is 4.22. The number of carboxylic acid groups (broad SMARTS) is 1. The molecule has 0 saturated heterocycles. The van der Waals surface area contributed by atoms with Crippen molar-refractivity contribution in [3.05, 3.63) is 29.3 Å². The van der Waals surface area contributed by atoms with Crippen LogP contribution in [0.2, 0.25) is 0 Å². The summed E-state index contributed by atoms with van der Waals surface area (Å²) in [6.07, 6.45) is 0. The molecule has 1 aromatic rings. The Morgan fingerprint density at radius 3 is 2.35 bits per heavy atom. The molecule has 0 aromatic heterocycles. The van der Waals surface area contributed by atoms with Crippen molar-refractivity contribution in [2.45, 2.75) is 31.3 Å². The fourth-order valence-corrected chi connectivity index (χ4v) is 1.41. The van der Waals surface area contributed by atoms with Gasteiger partial charge in [-0.25, -0.2) is 9.59 Å². The Kier molecular flexibility index (Phi) is 3.83. The number of rotatable bonds is 2. The van der Waals surface area contributed by atoms with Crippen molar-refractivity contribution in [2.24, 2.45) is 0 Å². The van der Waals surface area contributed by atoms with Crippen LogP contribution >= 0.6 is 12.6 Å². The minimum absolute atomic E-state index is 0.0170. The summed E-state index contributed by atoms with van der Waals surface area (Å²) in [5.41, 5.74) is -0.424. The van der Waals surface area contributed by atoms with E-state index in [1.165, 1.54) is 18.2 Å². The average Bonchev–Trinajstić information content (AvgIpc) is 2.14. The van der Waals surface area contributed by atoms with Gasteiger partial charge in [0.05, 0.1) is 11.1 Å². The van der Waals surface area contributed by atoms with E-state index < -0.39 is 17.5 Å². The lowest BCUT2D eigenvalue weighted by Gasteiger charge is -2.19.